The van der Waals surface area contributed by atoms with Crippen molar-refractivity contribution < 1.29 is 17.2 Å². The van der Waals surface area contributed by atoms with E-state index in [0.29, 0.717) is 0 Å². The number of carbonyl (C=O) groups is 1. The summed E-state index contributed by atoms with van der Waals surface area (Å²) in [5.41, 5.74) is 1.23. The van der Waals surface area contributed by atoms with Gasteiger partial charge in [-0.15, -0.1) is 0 Å². The second-order valence-corrected chi connectivity index (χ2v) is 3.66. The molecule has 0 bridgehead atoms. The Morgan fingerprint density at radius 2 is 1.79 bits per heavy atom. The Labute approximate surface area is 109 Å². The van der Waals surface area contributed by atoms with Gasteiger partial charge in [0.15, 0.2) is 0 Å². The summed E-state index contributed by atoms with van der Waals surface area (Å²) in [6.07, 6.45) is 0. The second-order valence-electron chi connectivity index (χ2n) is 2.75. The van der Waals surface area contributed by atoms with Gasteiger partial charge in [-0.3, -0.25) is 0 Å². The summed E-state index contributed by atoms with van der Waals surface area (Å²) < 4.78 is 1.04. The van der Waals surface area contributed by atoms with Crippen LogP contribution in [0.1, 0.15) is 19.4 Å². The zero-order chi connectivity index (χ0) is 10.3. The molecule has 0 atom stereocenters. The second kappa shape index (κ2) is 9.78. The van der Waals surface area contributed by atoms with Gasteiger partial charge in [0.25, 0.3) is 0 Å². The summed E-state index contributed by atoms with van der Waals surface area (Å²) in [5, 5.41) is 0.882. The van der Waals surface area contributed by atoms with Gasteiger partial charge in [-0.25, -0.2) is 0 Å². The van der Waals surface area contributed by atoms with Gasteiger partial charge in [-0.2, -0.15) is 0 Å². The molecule has 0 fully saturated rings. The SMILES string of the molecule is CC(C)=O.[Cl-].[Mg+][CH2]c1ccccc1Cl. The zero-order valence-electron chi connectivity index (χ0n) is 8.39. The Balaban J connectivity index is 0. The van der Waals surface area contributed by atoms with Gasteiger partial charge in [0, 0.05) is 0 Å². The molecular formula is C10H12Cl2MgO. The third-order valence-electron chi connectivity index (χ3n) is 1.23. The van der Waals surface area contributed by atoms with Gasteiger partial charge in [0.2, 0.25) is 0 Å². The van der Waals surface area contributed by atoms with Gasteiger partial charge >= 0.3 is 72.7 Å². The van der Waals surface area contributed by atoms with E-state index in [1.165, 1.54) is 19.4 Å². The number of ketones is 1. The molecule has 0 aliphatic heterocycles. The summed E-state index contributed by atoms with van der Waals surface area (Å²) in [7, 11) is 0. The number of benzene rings is 1. The van der Waals surface area contributed by atoms with Crippen LogP contribution in [0.2, 0.25) is 5.02 Å². The molecular weight excluding hydrogens is 231 g/mol. The number of Topliss-reactive ketones (excluding diaryl/α,β-unsaturated/α-hetero) is 1. The van der Waals surface area contributed by atoms with Gasteiger partial charge in [0.1, 0.15) is 5.78 Å². The van der Waals surface area contributed by atoms with Crippen LogP contribution in [-0.2, 0) is 9.34 Å². The van der Waals surface area contributed by atoms with Crippen LogP contribution in [0, 0.1) is 0 Å². The Morgan fingerprint density at radius 3 is 2.07 bits per heavy atom. The van der Waals surface area contributed by atoms with Crippen LogP contribution in [-0.4, -0.2) is 27.5 Å². The molecule has 0 saturated heterocycles. The van der Waals surface area contributed by atoms with E-state index < -0.39 is 0 Å². The van der Waals surface area contributed by atoms with Crippen molar-refractivity contribution in [3.63, 3.8) is 0 Å². The maximum absolute atomic E-state index is 9.44. The van der Waals surface area contributed by atoms with Crippen LogP contribution >= 0.6 is 11.6 Å². The summed E-state index contributed by atoms with van der Waals surface area (Å²) in [4.78, 5) is 9.44. The van der Waals surface area contributed by atoms with E-state index in [-0.39, 0.29) is 18.2 Å². The number of hydrogen-bond acceptors (Lipinski definition) is 1. The average molecular weight is 243 g/mol. The Hall–Kier alpha value is 0.236. The Morgan fingerprint density at radius 1 is 1.36 bits per heavy atom. The summed E-state index contributed by atoms with van der Waals surface area (Å²) in [6, 6.07) is 7.93. The van der Waals surface area contributed by atoms with E-state index in [4.69, 9.17) is 11.6 Å². The molecule has 0 amide bonds. The van der Waals surface area contributed by atoms with E-state index in [2.05, 4.69) is 6.07 Å². The first-order chi connectivity index (χ1) is 6.07. The predicted molar refractivity (Wildman–Crippen MR) is 57.3 cm³/mol. The number of rotatable bonds is 1. The summed E-state index contributed by atoms with van der Waals surface area (Å²) in [6.45, 7) is 3.06. The maximum atomic E-state index is 9.44. The van der Waals surface area contributed by atoms with Crippen LogP contribution in [0.25, 0.3) is 0 Å². The van der Waals surface area contributed by atoms with Gasteiger partial charge in [-0.05, 0) is 13.8 Å². The quantitative estimate of drug-likeness (QED) is 0.614. The van der Waals surface area contributed by atoms with Crippen LogP contribution in [0.15, 0.2) is 24.3 Å². The fourth-order valence-corrected chi connectivity index (χ4v) is 1.53. The molecule has 0 aliphatic rings. The minimum absolute atomic E-state index is 0. The van der Waals surface area contributed by atoms with Crippen LogP contribution < -0.4 is 12.4 Å². The first-order valence-electron chi connectivity index (χ1n) is 4.07. The van der Waals surface area contributed by atoms with Crippen molar-refractivity contribution in [1.82, 2.24) is 0 Å². The predicted octanol–water partition coefficient (Wildman–Crippen LogP) is -0.392. The molecule has 0 heterocycles. The summed E-state index contributed by atoms with van der Waals surface area (Å²) in [5.74, 6) is 0.167. The molecule has 14 heavy (non-hydrogen) atoms. The Bertz CT molecular complexity index is 273. The van der Waals surface area contributed by atoms with Gasteiger partial charge in [-0.1, -0.05) is 0 Å². The molecule has 0 N–H and O–H groups in total. The summed E-state index contributed by atoms with van der Waals surface area (Å²) >= 11 is 7.75. The van der Waals surface area contributed by atoms with E-state index in [0.717, 1.165) is 9.57 Å². The van der Waals surface area contributed by atoms with Gasteiger partial charge < -0.3 is 17.2 Å². The van der Waals surface area contributed by atoms with Crippen molar-refractivity contribution >= 4 is 39.1 Å². The van der Waals surface area contributed by atoms with E-state index in [1.807, 2.05) is 39.9 Å². The number of carbonyl (C=O) groups excluding carboxylic acids is 1. The van der Waals surface area contributed by atoms with E-state index in [9.17, 15) is 4.79 Å². The van der Waals surface area contributed by atoms with Crippen LogP contribution in [0.5, 0.6) is 0 Å². The molecule has 0 spiro atoms. The normalized spacial score (nSPS) is 8.07. The minimum atomic E-state index is 0. The van der Waals surface area contributed by atoms with Crippen molar-refractivity contribution in [3.05, 3.63) is 34.9 Å². The fourth-order valence-electron chi connectivity index (χ4n) is 0.701. The van der Waals surface area contributed by atoms with Crippen molar-refractivity contribution in [2.24, 2.45) is 0 Å². The molecule has 1 rings (SSSR count). The standard InChI is InChI=1S/C7H6Cl.C3H6O.ClH.Mg/c1-6-4-2-3-5-7(6)8;1-3(2)4;;/h2-5H,1H2;1-2H3;1H;/q;;;+1/p-1. The molecule has 0 aromatic heterocycles. The number of halogens is 2. The van der Waals surface area contributed by atoms with Crippen molar-refractivity contribution in [3.8, 4) is 0 Å². The number of hydrogen-bond donors (Lipinski definition) is 0. The molecule has 4 heteroatoms. The third kappa shape index (κ3) is 8.82. The Kier molecular flexibility index (Phi) is 11.6. The van der Waals surface area contributed by atoms with Crippen LogP contribution in [0.3, 0.4) is 0 Å². The van der Waals surface area contributed by atoms with Crippen molar-refractivity contribution in [2.45, 2.75) is 18.4 Å². The molecule has 1 nitrogen and oxygen atoms in total. The van der Waals surface area contributed by atoms with Gasteiger partial charge in [0.05, 0.1) is 0 Å². The van der Waals surface area contributed by atoms with Crippen molar-refractivity contribution in [2.75, 3.05) is 0 Å². The topological polar surface area (TPSA) is 17.1 Å². The molecule has 0 unspecified atom stereocenters. The van der Waals surface area contributed by atoms with E-state index >= 15 is 0 Å². The molecule has 74 valence electrons. The zero-order valence-corrected chi connectivity index (χ0v) is 11.3. The molecule has 0 radical (unpaired) electrons. The van der Waals surface area contributed by atoms with E-state index in [1.54, 1.807) is 0 Å². The fraction of sp³-hybridized carbons (Fsp3) is 0.300. The van der Waals surface area contributed by atoms with Crippen LogP contribution in [0.4, 0.5) is 0 Å². The average Bonchev–Trinajstić information content (AvgIpc) is 2.04. The van der Waals surface area contributed by atoms with Crippen molar-refractivity contribution in [1.29, 1.82) is 0 Å². The monoisotopic (exact) mass is 242 g/mol. The first-order valence-corrected chi connectivity index (χ1v) is 5.45. The molecule has 0 aliphatic carbocycles. The third-order valence-corrected chi connectivity index (χ3v) is 2.13. The molecule has 0 saturated carbocycles. The molecule has 1 aromatic carbocycles. The molecule has 1 aromatic rings. The first kappa shape index (κ1) is 16.7.